The summed E-state index contributed by atoms with van der Waals surface area (Å²) in [7, 11) is -2.01. The molecule has 0 aromatic heterocycles. The average Bonchev–Trinajstić information content (AvgIpc) is 2.73. The summed E-state index contributed by atoms with van der Waals surface area (Å²) in [5, 5.41) is 0.212. The first kappa shape index (κ1) is 23.1. The fourth-order valence-electron chi connectivity index (χ4n) is 3.74. The summed E-state index contributed by atoms with van der Waals surface area (Å²) >= 11 is 12.2. The predicted octanol–water partition coefficient (Wildman–Crippen LogP) is 4.62. The summed E-state index contributed by atoms with van der Waals surface area (Å²) in [6.45, 7) is 3.17. The number of rotatable bonds is 6. The van der Waals surface area contributed by atoms with Crippen molar-refractivity contribution in [3.8, 4) is 0 Å². The molecular weight excluding hydrogens is 443 g/mol. The third-order valence-corrected chi connectivity index (χ3v) is 8.40. The number of sulfonamides is 1. The molecule has 0 N–H and O–H groups in total. The van der Waals surface area contributed by atoms with Crippen LogP contribution in [0.3, 0.4) is 0 Å². The lowest BCUT2D eigenvalue weighted by atomic mass is 9.96. The molecular formula is C22H26Cl2N2O3S. The van der Waals surface area contributed by atoms with E-state index in [1.54, 1.807) is 18.0 Å². The normalized spacial score (nSPS) is 15.9. The van der Waals surface area contributed by atoms with Crippen molar-refractivity contribution in [2.45, 2.75) is 37.6 Å². The first-order valence-corrected chi connectivity index (χ1v) is 12.2. The van der Waals surface area contributed by atoms with Crippen molar-refractivity contribution in [1.82, 2.24) is 9.21 Å². The Bertz CT molecular complexity index is 981. The molecule has 0 atom stereocenters. The molecule has 2 aromatic carbocycles. The topological polar surface area (TPSA) is 57.7 Å². The number of benzene rings is 2. The molecule has 5 nitrogen and oxygen atoms in total. The zero-order valence-electron chi connectivity index (χ0n) is 17.1. The van der Waals surface area contributed by atoms with E-state index in [0.717, 1.165) is 12.0 Å². The Morgan fingerprint density at radius 2 is 1.57 bits per heavy atom. The minimum absolute atomic E-state index is 0.0439. The summed E-state index contributed by atoms with van der Waals surface area (Å²) in [6.07, 6.45) is 1.93. The van der Waals surface area contributed by atoms with Gasteiger partial charge < -0.3 is 4.90 Å². The second-order valence-electron chi connectivity index (χ2n) is 7.59. The van der Waals surface area contributed by atoms with Crippen molar-refractivity contribution in [3.63, 3.8) is 0 Å². The standard InChI is InChI=1S/C22H26Cl2N2O3S/c1-3-16-7-9-17(10-8-16)15-25(2)22(27)18-11-13-26(14-12-18)30(28,29)21-19(23)5-4-6-20(21)24/h4-10,18H,3,11-15H2,1-2H3. The first-order valence-electron chi connectivity index (χ1n) is 10.0. The second kappa shape index (κ2) is 9.69. The summed E-state index contributed by atoms with van der Waals surface area (Å²) in [5.74, 6) is -0.152. The molecule has 1 aliphatic heterocycles. The van der Waals surface area contributed by atoms with Gasteiger partial charge in [0.25, 0.3) is 0 Å². The lowest BCUT2D eigenvalue weighted by molar-refractivity contribution is -0.135. The van der Waals surface area contributed by atoms with Crippen LogP contribution in [0.5, 0.6) is 0 Å². The Hall–Kier alpha value is -1.60. The van der Waals surface area contributed by atoms with Gasteiger partial charge >= 0.3 is 0 Å². The van der Waals surface area contributed by atoms with Gasteiger partial charge in [-0.05, 0) is 42.5 Å². The quantitative estimate of drug-likeness (QED) is 0.621. The molecule has 8 heteroatoms. The molecule has 1 amide bonds. The van der Waals surface area contributed by atoms with Crippen LogP contribution in [0.4, 0.5) is 0 Å². The zero-order chi connectivity index (χ0) is 21.9. The summed E-state index contributed by atoms with van der Waals surface area (Å²) in [4.78, 5) is 14.5. The number of nitrogens with zero attached hydrogens (tertiary/aromatic N) is 2. The highest BCUT2D eigenvalue weighted by atomic mass is 35.5. The van der Waals surface area contributed by atoms with Crippen LogP contribution in [0.25, 0.3) is 0 Å². The van der Waals surface area contributed by atoms with Gasteiger partial charge in [-0.25, -0.2) is 8.42 Å². The molecule has 30 heavy (non-hydrogen) atoms. The van der Waals surface area contributed by atoms with Crippen LogP contribution in [-0.2, 0) is 27.8 Å². The summed E-state index contributed by atoms with van der Waals surface area (Å²) < 4.78 is 27.4. The third kappa shape index (κ3) is 4.99. The van der Waals surface area contributed by atoms with Gasteiger partial charge in [0.1, 0.15) is 4.90 Å². The van der Waals surface area contributed by atoms with Crippen LogP contribution in [0, 0.1) is 5.92 Å². The van der Waals surface area contributed by atoms with Crippen molar-refractivity contribution in [2.75, 3.05) is 20.1 Å². The van der Waals surface area contributed by atoms with E-state index in [9.17, 15) is 13.2 Å². The maximum atomic E-state index is 13.0. The third-order valence-electron chi connectivity index (χ3n) is 5.55. The molecule has 0 radical (unpaired) electrons. The van der Waals surface area contributed by atoms with Crippen LogP contribution in [0.2, 0.25) is 10.0 Å². The van der Waals surface area contributed by atoms with Crippen molar-refractivity contribution in [2.24, 2.45) is 5.92 Å². The molecule has 0 saturated carbocycles. The Balaban J connectivity index is 1.62. The van der Waals surface area contributed by atoms with Crippen LogP contribution in [-0.4, -0.2) is 43.7 Å². The molecule has 162 valence electrons. The van der Waals surface area contributed by atoms with Crippen molar-refractivity contribution >= 4 is 39.1 Å². The van der Waals surface area contributed by atoms with Crippen molar-refractivity contribution < 1.29 is 13.2 Å². The second-order valence-corrected chi connectivity index (χ2v) is 10.3. The van der Waals surface area contributed by atoms with E-state index in [-0.39, 0.29) is 39.9 Å². The number of hydrogen-bond acceptors (Lipinski definition) is 3. The molecule has 1 saturated heterocycles. The fourth-order valence-corrected chi connectivity index (χ4v) is 6.31. The molecule has 1 aliphatic rings. The molecule has 1 heterocycles. The van der Waals surface area contributed by atoms with E-state index in [0.29, 0.717) is 19.4 Å². The van der Waals surface area contributed by atoms with Crippen LogP contribution in [0.15, 0.2) is 47.4 Å². The number of amides is 1. The Kier molecular flexibility index (Phi) is 7.45. The molecule has 3 rings (SSSR count). The smallest absolute Gasteiger partial charge is 0.246 e. The predicted molar refractivity (Wildman–Crippen MR) is 120 cm³/mol. The zero-order valence-corrected chi connectivity index (χ0v) is 19.5. The van der Waals surface area contributed by atoms with Crippen LogP contribution >= 0.6 is 23.2 Å². The molecule has 0 bridgehead atoms. The minimum atomic E-state index is -3.80. The number of carbonyl (C=O) groups excluding carboxylic acids is 1. The Labute approximate surface area is 188 Å². The van der Waals surface area contributed by atoms with Gasteiger partial charge in [0.15, 0.2) is 0 Å². The SMILES string of the molecule is CCc1ccc(CN(C)C(=O)C2CCN(S(=O)(=O)c3c(Cl)cccc3Cl)CC2)cc1. The number of carbonyl (C=O) groups is 1. The van der Waals surface area contributed by atoms with E-state index in [1.807, 2.05) is 12.1 Å². The van der Waals surface area contributed by atoms with Crippen molar-refractivity contribution in [3.05, 3.63) is 63.6 Å². The van der Waals surface area contributed by atoms with E-state index < -0.39 is 10.0 Å². The maximum Gasteiger partial charge on any atom is 0.246 e. The molecule has 1 fully saturated rings. The highest BCUT2D eigenvalue weighted by Crippen LogP contribution is 2.33. The minimum Gasteiger partial charge on any atom is -0.341 e. The van der Waals surface area contributed by atoms with Gasteiger partial charge in [0, 0.05) is 32.6 Å². The van der Waals surface area contributed by atoms with E-state index in [1.165, 1.54) is 22.0 Å². The van der Waals surface area contributed by atoms with Gasteiger partial charge in [-0.3, -0.25) is 4.79 Å². The number of hydrogen-bond donors (Lipinski definition) is 0. The summed E-state index contributed by atoms with van der Waals surface area (Å²) in [5.41, 5.74) is 2.34. The lowest BCUT2D eigenvalue weighted by Gasteiger charge is -2.33. The largest absolute Gasteiger partial charge is 0.341 e. The average molecular weight is 469 g/mol. The van der Waals surface area contributed by atoms with Crippen LogP contribution in [0.1, 0.15) is 30.9 Å². The Morgan fingerprint density at radius 1 is 1.03 bits per heavy atom. The number of halogens is 2. The molecule has 0 spiro atoms. The molecule has 0 unspecified atom stereocenters. The van der Waals surface area contributed by atoms with Gasteiger partial charge in [-0.15, -0.1) is 0 Å². The van der Waals surface area contributed by atoms with Gasteiger partial charge in [0.05, 0.1) is 10.0 Å². The van der Waals surface area contributed by atoms with Gasteiger partial charge in [-0.2, -0.15) is 4.31 Å². The monoisotopic (exact) mass is 468 g/mol. The van der Waals surface area contributed by atoms with E-state index in [4.69, 9.17) is 23.2 Å². The number of piperidine rings is 1. The van der Waals surface area contributed by atoms with E-state index >= 15 is 0 Å². The van der Waals surface area contributed by atoms with Gasteiger partial charge in [-0.1, -0.05) is 60.5 Å². The summed E-state index contributed by atoms with van der Waals surface area (Å²) in [6, 6.07) is 12.9. The van der Waals surface area contributed by atoms with Gasteiger partial charge in [0.2, 0.25) is 15.9 Å². The molecule has 0 aliphatic carbocycles. The number of aryl methyl sites for hydroxylation is 1. The highest BCUT2D eigenvalue weighted by Gasteiger charge is 2.35. The van der Waals surface area contributed by atoms with Crippen LogP contribution < -0.4 is 0 Å². The Morgan fingerprint density at radius 3 is 2.10 bits per heavy atom. The highest BCUT2D eigenvalue weighted by molar-refractivity contribution is 7.89. The first-order chi connectivity index (χ1) is 14.2. The van der Waals surface area contributed by atoms with Crippen molar-refractivity contribution in [1.29, 1.82) is 0 Å². The van der Waals surface area contributed by atoms with E-state index in [2.05, 4.69) is 19.1 Å². The fraction of sp³-hybridized carbons (Fsp3) is 0.409. The maximum absolute atomic E-state index is 13.0. The lowest BCUT2D eigenvalue weighted by Crippen LogP contribution is -2.43. The molecule has 2 aromatic rings.